The minimum atomic E-state index is -0.529. The van der Waals surface area contributed by atoms with Gasteiger partial charge in [0.05, 0.1) is 5.39 Å². The Labute approximate surface area is 138 Å². The zero-order valence-electron chi connectivity index (χ0n) is 13.4. The summed E-state index contributed by atoms with van der Waals surface area (Å²) in [6.07, 6.45) is 3.27. The van der Waals surface area contributed by atoms with Crippen molar-refractivity contribution < 1.29 is 14.6 Å². The van der Waals surface area contributed by atoms with Crippen molar-refractivity contribution in [3.63, 3.8) is 0 Å². The largest absolute Gasteiger partial charge is 0.508 e. The summed E-state index contributed by atoms with van der Waals surface area (Å²) in [6, 6.07) is 11.9. The number of fused-ring (bicyclic) bond motifs is 1. The van der Waals surface area contributed by atoms with E-state index in [9.17, 15) is 15.0 Å². The molecule has 0 fully saturated rings. The quantitative estimate of drug-likeness (QED) is 0.772. The normalized spacial score (nSPS) is 11.2. The molecule has 1 heterocycles. The lowest BCUT2D eigenvalue weighted by molar-refractivity contribution is 0.436. The minimum Gasteiger partial charge on any atom is -0.508 e. The first-order valence-corrected chi connectivity index (χ1v) is 7.40. The van der Waals surface area contributed by atoms with Crippen molar-refractivity contribution >= 4 is 28.8 Å². The van der Waals surface area contributed by atoms with E-state index >= 15 is 0 Å². The molecule has 0 radical (unpaired) electrons. The lowest BCUT2D eigenvalue weighted by Gasteiger charge is -2.11. The van der Waals surface area contributed by atoms with Gasteiger partial charge in [-0.25, -0.2) is 0 Å². The van der Waals surface area contributed by atoms with Crippen LogP contribution in [0.5, 0.6) is 11.5 Å². The molecule has 3 rings (SSSR count). The van der Waals surface area contributed by atoms with Crippen LogP contribution in [0.2, 0.25) is 0 Å². The van der Waals surface area contributed by atoms with E-state index < -0.39 is 11.2 Å². The third kappa shape index (κ3) is 2.96. The van der Waals surface area contributed by atoms with E-state index in [-0.39, 0.29) is 22.5 Å². The van der Waals surface area contributed by atoms with Crippen LogP contribution in [-0.2, 0) is 0 Å². The maximum Gasteiger partial charge on any atom is 0.235 e. The smallest absolute Gasteiger partial charge is 0.235 e. The molecule has 0 saturated heterocycles. The fourth-order valence-electron chi connectivity index (χ4n) is 2.36. The Bertz CT molecular complexity index is 969. The van der Waals surface area contributed by atoms with Crippen LogP contribution in [-0.4, -0.2) is 24.3 Å². The SMILES string of the molecule is CN(C)c1ccc(/C=C/c2oc3cc(O)ccc3c(=O)c2O)cc1. The van der Waals surface area contributed by atoms with Crippen molar-refractivity contribution in [1.29, 1.82) is 0 Å². The van der Waals surface area contributed by atoms with Crippen molar-refractivity contribution in [3.05, 3.63) is 64.0 Å². The third-order valence-electron chi connectivity index (χ3n) is 3.71. The van der Waals surface area contributed by atoms with Crippen molar-refractivity contribution in [2.75, 3.05) is 19.0 Å². The first-order valence-electron chi connectivity index (χ1n) is 7.40. The summed E-state index contributed by atoms with van der Waals surface area (Å²) in [5.41, 5.74) is 1.67. The maximum absolute atomic E-state index is 12.2. The zero-order chi connectivity index (χ0) is 17.3. The first kappa shape index (κ1) is 15.7. The number of phenolic OH excluding ortho intramolecular Hbond substituents is 1. The number of hydrogen-bond acceptors (Lipinski definition) is 5. The first-order chi connectivity index (χ1) is 11.5. The molecular formula is C19H17NO4. The predicted octanol–water partition coefficient (Wildman–Crippen LogP) is 3.44. The van der Waals surface area contributed by atoms with Gasteiger partial charge in [0.25, 0.3) is 0 Å². The van der Waals surface area contributed by atoms with Gasteiger partial charge in [-0.1, -0.05) is 18.2 Å². The van der Waals surface area contributed by atoms with Gasteiger partial charge in [0.2, 0.25) is 11.2 Å². The van der Waals surface area contributed by atoms with Crippen LogP contribution in [0.4, 0.5) is 5.69 Å². The third-order valence-corrected chi connectivity index (χ3v) is 3.71. The van der Waals surface area contributed by atoms with E-state index in [1.54, 1.807) is 6.08 Å². The molecule has 5 nitrogen and oxygen atoms in total. The maximum atomic E-state index is 12.2. The second-order valence-electron chi connectivity index (χ2n) is 5.64. The summed E-state index contributed by atoms with van der Waals surface area (Å²) in [5, 5.41) is 19.8. The molecule has 2 N–H and O–H groups in total. The van der Waals surface area contributed by atoms with Gasteiger partial charge in [-0.2, -0.15) is 0 Å². The Hall–Kier alpha value is -3.21. The van der Waals surface area contributed by atoms with Gasteiger partial charge >= 0.3 is 0 Å². The molecule has 2 aromatic carbocycles. The second kappa shape index (κ2) is 6.12. The van der Waals surface area contributed by atoms with Gasteiger partial charge in [0.1, 0.15) is 11.3 Å². The van der Waals surface area contributed by atoms with Crippen molar-refractivity contribution in [1.82, 2.24) is 0 Å². The molecule has 5 heteroatoms. The highest BCUT2D eigenvalue weighted by Gasteiger charge is 2.11. The molecule has 0 bridgehead atoms. The Morgan fingerprint density at radius 3 is 2.38 bits per heavy atom. The summed E-state index contributed by atoms with van der Waals surface area (Å²) in [4.78, 5) is 14.2. The molecule has 0 amide bonds. The Balaban J connectivity index is 2.00. The molecule has 3 aromatic rings. The monoisotopic (exact) mass is 323 g/mol. The molecule has 1 aromatic heterocycles. The molecule has 122 valence electrons. The summed E-state index contributed by atoms with van der Waals surface area (Å²) >= 11 is 0. The Kier molecular flexibility index (Phi) is 4.00. The average molecular weight is 323 g/mol. The highest BCUT2D eigenvalue weighted by atomic mass is 16.4. The van der Waals surface area contributed by atoms with Crippen LogP contribution in [0.1, 0.15) is 11.3 Å². The lowest BCUT2D eigenvalue weighted by Crippen LogP contribution is -2.07. The number of nitrogens with zero attached hydrogens (tertiary/aromatic N) is 1. The standard InChI is InChI=1S/C19H17NO4/c1-20(2)13-6-3-12(4-7-13)5-10-16-19(23)18(22)15-9-8-14(21)11-17(15)24-16/h3-11,21,23H,1-2H3/b10-5+. The average Bonchev–Trinajstić information content (AvgIpc) is 2.57. The van der Waals surface area contributed by atoms with E-state index in [4.69, 9.17) is 4.42 Å². The van der Waals surface area contributed by atoms with Gasteiger partial charge in [-0.05, 0) is 35.9 Å². The number of benzene rings is 2. The van der Waals surface area contributed by atoms with Gasteiger partial charge in [-0.15, -0.1) is 0 Å². The summed E-state index contributed by atoms with van der Waals surface area (Å²) < 4.78 is 5.53. The van der Waals surface area contributed by atoms with Crippen molar-refractivity contribution in [2.24, 2.45) is 0 Å². The van der Waals surface area contributed by atoms with Gasteiger partial charge < -0.3 is 19.5 Å². The number of phenols is 1. The number of anilines is 1. The van der Waals surface area contributed by atoms with Crippen LogP contribution in [0.25, 0.3) is 23.1 Å². The molecule has 0 unspecified atom stereocenters. The summed E-state index contributed by atoms with van der Waals surface area (Å²) in [7, 11) is 3.92. The second-order valence-corrected chi connectivity index (χ2v) is 5.64. The zero-order valence-corrected chi connectivity index (χ0v) is 13.4. The summed E-state index contributed by atoms with van der Waals surface area (Å²) in [6.45, 7) is 0. The number of rotatable bonds is 3. The molecular weight excluding hydrogens is 306 g/mol. The summed E-state index contributed by atoms with van der Waals surface area (Å²) in [5.74, 6) is -0.408. The lowest BCUT2D eigenvalue weighted by atomic mass is 10.1. The van der Waals surface area contributed by atoms with E-state index in [0.717, 1.165) is 11.3 Å². The number of aromatic hydroxyl groups is 2. The van der Waals surface area contributed by atoms with E-state index in [2.05, 4.69) is 0 Å². The Morgan fingerprint density at radius 2 is 1.71 bits per heavy atom. The van der Waals surface area contributed by atoms with Gasteiger partial charge in [0.15, 0.2) is 5.76 Å². The van der Waals surface area contributed by atoms with Crippen LogP contribution in [0.15, 0.2) is 51.7 Å². The fourth-order valence-corrected chi connectivity index (χ4v) is 2.36. The van der Waals surface area contributed by atoms with Crippen LogP contribution < -0.4 is 10.3 Å². The van der Waals surface area contributed by atoms with Gasteiger partial charge in [0, 0.05) is 25.8 Å². The van der Waals surface area contributed by atoms with Crippen LogP contribution >= 0.6 is 0 Å². The fraction of sp³-hybridized carbons (Fsp3) is 0.105. The molecule has 0 aliphatic rings. The van der Waals surface area contributed by atoms with E-state index in [0.29, 0.717) is 0 Å². The number of hydrogen-bond donors (Lipinski definition) is 2. The predicted molar refractivity (Wildman–Crippen MR) is 95.5 cm³/mol. The highest BCUT2D eigenvalue weighted by molar-refractivity contribution is 5.82. The molecule has 0 aliphatic heterocycles. The molecule has 0 saturated carbocycles. The van der Waals surface area contributed by atoms with Crippen LogP contribution in [0.3, 0.4) is 0 Å². The van der Waals surface area contributed by atoms with Crippen molar-refractivity contribution in [2.45, 2.75) is 0 Å². The molecule has 0 atom stereocenters. The highest BCUT2D eigenvalue weighted by Crippen LogP contribution is 2.25. The van der Waals surface area contributed by atoms with Gasteiger partial charge in [-0.3, -0.25) is 4.79 Å². The van der Waals surface area contributed by atoms with Crippen LogP contribution in [0, 0.1) is 0 Å². The Morgan fingerprint density at radius 1 is 1.00 bits per heavy atom. The molecule has 0 aliphatic carbocycles. The molecule has 24 heavy (non-hydrogen) atoms. The van der Waals surface area contributed by atoms with Crippen molar-refractivity contribution in [3.8, 4) is 11.5 Å². The van der Waals surface area contributed by atoms with E-state index in [1.807, 2.05) is 43.3 Å². The van der Waals surface area contributed by atoms with E-state index in [1.165, 1.54) is 24.3 Å². The molecule has 0 spiro atoms. The minimum absolute atomic E-state index is 0.00876. The topological polar surface area (TPSA) is 73.9 Å².